The van der Waals surface area contributed by atoms with Gasteiger partial charge in [-0.15, -0.1) is 11.3 Å². The molecule has 0 aliphatic rings. The van der Waals surface area contributed by atoms with E-state index >= 15 is 0 Å². The van der Waals surface area contributed by atoms with Crippen LogP contribution in [0.15, 0.2) is 45.9 Å². The summed E-state index contributed by atoms with van der Waals surface area (Å²) in [6, 6.07) is 9.44. The minimum atomic E-state index is -0.520. The van der Waals surface area contributed by atoms with Crippen LogP contribution in [0.1, 0.15) is 20.3 Å². The van der Waals surface area contributed by atoms with Crippen LogP contribution in [0.5, 0.6) is 0 Å². The lowest BCUT2D eigenvalue weighted by atomic mass is 10.2. The van der Waals surface area contributed by atoms with E-state index in [1.807, 2.05) is 19.1 Å². The first kappa shape index (κ1) is 14.9. The molecule has 1 amide bonds. The number of nitro groups is 1. The van der Waals surface area contributed by atoms with E-state index < -0.39 is 10.8 Å². The second-order valence-electron chi connectivity index (χ2n) is 4.74. The van der Waals surface area contributed by atoms with Gasteiger partial charge in [-0.2, -0.15) is 5.10 Å². The lowest BCUT2D eigenvalue weighted by molar-refractivity contribution is -0.384. The summed E-state index contributed by atoms with van der Waals surface area (Å²) in [6.07, 6.45) is 1.54. The van der Waals surface area contributed by atoms with Crippen molar-refractivity contribution >= 4 is 40.1 Å². The number of fused-ring (bicyclic) bond motifs is 1. The summed E-state index contributed by atoms with van der Waals surface area (Å²) in [5.41, 5.74) is 2.71. The van der Waals surface area contributed by atoms with Crippen LogP contribution in [0.2, 0.25) is 0 Å². The van der Waals surface area contributed by atoms with Crippen molar-refractivity contribution in [1.82, 2.24) is 5.43 Å². The molecule has 0 aliphatic carbocycles. The van der Waals surface area contributed by atoms with E-state index in [1.54, 1.807) is 17.6 Å². The Kier molecular flexibility index (Phi) is 3.90. The van der Waals surface area contributed by atoms with Crippen LogP contribution in [-0.4, -0.2) is 17.0 Å². The van der Waals surface area contributed by atoms with Crippen molar-refractivity contribution in [2.45, 2.75) is 6.92 Å². The van der Waals surface area contributed by atoms with Gasteiger partial charge in [0.2, 0.25) is 0 Å². The number of carbonyl (C=O) groups excluding carboxylic acids is 1. The maximum Gasteiger partial charge on any atom is 0.307 e. The number of nitrogens with zero attached hydrogens (tertiary/aromatic N) is 2. The van der Waals surface area contributed by atoms with Crippen molar-refractivity contribution in [3.05, 3.63) is 62.0 Å². The minimum absolute atomic E-state index is 0.0417. The molecule has 0 radical (unpaired) electrons. The molecule has 1 N–H and O–H groups in total. The average molecular weight is 329 g/mol. The molecule has 2 heterocycles. The predicted molar refractivity (Wildman–Crippen MR) is 87.0 cm³/mol. The number of nitrogens with one attached hydrogen (secondary N) is 1. The summed E-state index contributed by atoms with van der Waals surface area (Å²) in [7, 11) is 0. The number of hydrogen-bond acceptors (Lipinski definition) is 6. The van der Waals surface area contributed by atoms with E-state index in [4.69, 9.17) is 4.42 Å². The third-order valence-corrected chi connectivity index (χ3v) is 3.99. The number of non-ortho nitro benzene ring substituents is 1. The highest BCUT2D eigenvalue weighted by Crippen LogP contribution is 2.24. The Morgan fingerprint density at radius 3 is 2.87 bits per heavy atom. The largest absolute Gasteiger partial charge is 0.451 e. The molecule has 0 fully saturated rings. The molecule has 0 saturated carbocycles. The van der Waals surface area contributed by atoms with E-state index in [2.05, 4.69) is 10.5 Å². The zero-order valence-electron chi connectivity index (χ0n) is 12.0. The molecule has 0 aliphatic heterocycles. The number of nitro benzene ring substituents is 1. The van der Waals surface area contributed by atoms with Crippen molar-refractivity contribution in [2.75, 3.05) is 0 Å². The van der Waals surface area contributed by atoms with Crippen LogP contribution in [0.25, 0.3) is 11.0 Å². The zero-order valence-corrected chi connectivity index (χ0v) is 12.8. The number of furan rings is 1. The van der Waals surface area contributed by atoms with Gasteiger partial charge in [0.25, 0.3) is 5.69 Å². The molecule has 3 rings (SSSR count). The minimum Gasteiger partial charge on any atom is -0.451 e. The quantitative estimate of drug-likeness (QED) is 0.450. The highest BCUT2D eigenvalue weighted by Gasteiger charge is 2.14. The molecular formula is C15H11N3O4S. The second kappa shape index (κ2) is 6.01. The number of thiophene rings is 1. The van der Waals surface area contributed by atoms with Crippen LogP contribution in [-0.2, 0) is 0 Å². The molecule has 0 bridgehead atoms. The van der Waals surface area contributed by atoms with Gasteiger partial charge in [-0.3, -0.25) is 14.9 Å². The highest BCUT2D eigenvalue weighted by molar-refractivity contribution is 7.13. The molecule has 8 heteroatoms. The Morgan fingerprint density at radius 1 is 1.35 bits per heavy atom. The van der Waals surface area contributed by atoms with Gasteiger partial charge in [0.1, 0.15) is 5.58 Å². The Hall–Kier alpha value is -3.00. The average Bonchev–Trinajstić information content (AvgIpc) is 3.12. The lowest BCUT2D eigenvalue weighted by Crippen LogP contribution is -2.16. The highest BCUT2D eigenvalue weighted by atomic mass is 32.1. The standard InChI is InChI=1S/C15H11N3O4S/c1-9-2-4-12(23-9)8-16-17-15(19)14-7-10-6-11(18(20)21)3-5-13(10)22-14/h2-8H,1H3,(H,17,19)/b16-8+. The van der Waals surface area contributed by atoms with Crippen LogP contribution in [0.3, 0.4) is 0 Å². The summed E-state index contributed by atoms with van der Waals surface area (Å²) in [6.45, 7) is 1.98. The normalized spacial score (nSPS) is 11.2. The number of carbonyl (C=O) groups is 1. The fourth-order valence-corrected chi connectivity index (χ4v) is 2.74. The van der Waals surface area contributed by atoms with Gasteiger partial charge >= 0.3 is 5.91 Å². The molecule has 116 valence electrons. The van der Waals surface area contributed by atoms with E-state index in [1.165, 1.54) is 24.3 Å². The summed E-state index contributed by atoms with van der Waals surface area (Å²) >= 11 is 1.56. The van der Waals surface area contributed by atoms with Gasteiger partial charge in [0.05, 0.1) is 11.1 Å². The maximum atomic E-state index is 12.0. The van der Waals surface area contributed by atoms with E-state index in [9.17, 15) is 14.9 Å². The van der Waals surface area contributed by atoms with Crippen molar-refractivity contribution < 1.29 is 14.1 Å². The molecule has 7 nitrogen and oxygen atoms in total. The number of aryl methyl sites for hydroxylation is 1. The second-order valence-corrected chi connectivity index (χ2v) is 6.06. The molecule has 3 aromatic rings. The van der Waals surface area contributed by atoms with Crippen molar-refractivity contribution in [2.24, 2.45) is 5.10 Å². The van der Waals surface area contributed by atoms with Crippen LogP contribution in [0.4, 0.5) is 5.69 Å². The van der Waals surface area contributed by atoms with Gasteiger partial charge in [-0.05, 0) is 31.2 Å². The monoisotopic (exact) mass is 329 g/mol. The van der Waals surface area contributed by atoms with Crippen molar-refractivity contribution in [1.29, 1.82) is 0 Å². The fourth-order valence-electron chi connectivity index (χ4n) is 1.99. The van der Waals surface area contributed by atoms with Gasteiger partial charge < -0.3 is 4.42 Å². The lowest BCUT2D eigenvalue weighted by Gasteiger charge is -1.93. The smallest absolute Gasteiger partial charge is 0.307 e. The van der Waals surface area contributed by atoms with Crippen LogP contribution in [0, 0.1) is 17.0 Å². The molecule has 1 aromatic carbocycles. The Bertz CT molecular complexity index is 926. The first-order valence-corrected chi connectivity index (χ1v) is 7.42. The third-order valence-electron chi connectivity index (χ3n) is 3.05. The van der Waals surface area contributed by atoms with Crippen molar-refractivity contribution in [3.8, 4) is 0 Å². The maximum absolute atomic E-state index is 12.0. The van der Waals surface area contributed by atoms with E-state index in [-0.39, 0.29) is 11.4 Å². The number of rotatable bonds is 4. The Balaban J connectivity index is 1.75. The van der Waals surface area contributed by atoms with E-state index in [0.717, 1.165) is 9.75 Å². The predicted octanol–water partition coefficient (Wildman–Crippen LogP) is 3.47. The SMILES string of the molecule is Cc1ccc(/C=N/NC(=O)c2cc3cc([N+](=O)[O-])ccc3o2)s1. The summed E-state index contributed by atoms with van der Waals surface area (Å²) < 4.78 is 5.37. The number of amides is 1. The number of hydrogen-bond donors (Lipinski definition) is 1. The molecule has 0 saturated heterocycles. The van der Waals surface area contributed by atoms with Gasteiger partial charge in [0, 0.05) is 27.3 Å². The molecule has 23 heavy (non-hydrogen) atoms. The van der Waals surface area contributed by atoms with Crippen molar-refractivity contribution in [3.63, 3.8) is 0 Å². The summed E-state index contributed by atoms with van der Waals surface area (Å²) in [5, 5.41) is 15.1. The fraction of sp³-hybridized carbons (Fsp3) is 0.0667. The van der Waals surface area contributed by atoms with E-state index in [0.29, 0.717) is 11.0 Å². The molecule has 0 spiro atoms. The Morgan fingerprint density at radius 2 is 2.17 bits per heavy atom. The Labute approximate surface area is 134 Å². The topological polar surface area (TPSA) is 97.7 Å². The van der Waals surface area contributed by atoms with Gasteiger partial charge in [-0.25, -0.2) is 5.43 Å². The number of benzene rings is 1. The van der Waals surface area contributed by atoms with Crippen LogP contribution >= 0.6 is 11.3 Å². The first-order valence-electron chi connectivity index (χ1n) is 6.61. The van der Waals surface area contributed by atoms with Crippen LogP contribution < -0.4 is 5.43 Å². The summed E-state index contributed by atoms with van der Waals surface area (Å²) in [4.78, 5) is 24.3. The molecular weight excluding hydrogens is 318 g/mol. The zero-order chi connectivity index (χ0) is 16.4. The third kappa shape index (κ3) is 3.27. The van der Waals surface area contributed by atoms with Gasteiger partial charge in [-0.1, -0.05) is 0 Å². The molecule has 2 aromatic heterocycles. The first-order chi connectivity index (χ1) is 11.0. The van der Waals surface area contributed by atoms with Gasteiger partial charge in [0.15, 0.2) is 5.76 Å². The molecule has 0 unspecified atom stereocenters. The molecule has 0 atom stereocenters. The summed E-state index contributed by atoms with van der Waals surface area (Å²) in [5.74, 6) is -0.478. The number of hydrazone groups is 1.